The van der Waals surface area contributed by atoms with Crippen molar-refractivity contribution in [2.24, 2.45) is 17.4 Å². The number of rotatable bonds is 16. The summed E-state index contributed by atoms with van der Waals surface area (Å²) in [4.78, 5) is 53.9. The van der Waals surface area contributed by atoms with Crippen molar-refractivity contribution in [3.63, 3.8) is 0 Å². The number of unbranched alkanes of at least 4 members (excludes halogenated alkanes) is 1. The van der Waals surface area contributed by atoms with Crippen LogP contribution in [-0.4, -0.2) is 70.2 Å². The van der Waals surface area contributed by atoms with E-state index >= 15 is 0 Å². The van der Waals surface area contributed by atoms with E-state index in [1.54, 1.807) is 6.20 Å². The smallest absolute Gasteiger partial charge is 0.326 e. The summed E-state index contributed by atoms with van der Waals surface area (Å²) in [6.07, 6.45) is 3.63. The molecule has 38 heavy (non-hydrogen) atoms. The molecular weight excluding hydrogens is 508 g/mol. The van der Waals surface area contributed by atoms with Gasteiger partial charge >= 0.3 is 5.97 Å². The molecule has 9 N–H and O–H groups in total. The lowest BCUT2D eigenvalue weighted by Crippen LogP contribution is -2.58. The first kappa shape index (κ1) is 31.1. The van der Waals surface area contributed by atoms with Crippen LogP contribution in [0.15, 0.2) is 30.5 Å². The fraction of sp³-hybridized carbons (Fsp3) is 0.538. The van der Waals surface area contributed by atoms with E-state index in [1.165, 1.54) is 0 Å². The number of nitrogens with one attached hydrogen (secondary N) is 4. The molecule has 4 atom stereocenters. The molecule has 0 bridgehead atoms. The summed E-state index contributed by atoms with van der Waals surface area (Å²) in [5, 5.41) is 18.3. The number of carboxylic acids is 1. The first-order chi connectivity index (χ1) is 18.1. The van der Waals surface area contributed by atoms with Crippen molar-refractivity contribution in [2.45, 2.75) is 70.1 Å². The Labute approximate surface area is 228 Å². The maximum atomic E-state index is 13.3. The Morgan fingerprint density at radius 3 is 2.24 bits per heavy atom. The van der Waals surface area contributed by atoms with Crippen molar-refractivity contribution in [3.8, 4) is 0 Å². The molecule has 4 unspecified atom stereocenters. The monoisotopic (exact) mass is 548 g/mol. The van der Waals surface area contributed by atoms with E-state index in [1.807, 2.05) is 38.1 Å². The third-order valence-corrected chi connectivity index (χ3v) is 6.54. The highest BCUT2D eigenvalue weighted by Crippen LogP contribution is 2.19. The number of thiol groups is 1. The maximum absolute atomic E-state index is 13.3. The Morgan fingerprint density at radius 1 is 0.974 bits per heavy atom. The molecule has 0 radical (unpaired) electrons. The molecule has 1 aromatic heterocycles. The van der Waals surface area contributed by atoms with Crippen LogP contribution in [0.3, 0.4) is 0 Å². The van der Waals surface area contributed by atoms with Crippen LogP contribution >= 0.6 is 12.6 Å². The lowest BCUT2D eigenvalue weighted by atomic mass is 10.0. The number of carbonyl (C=O) groups is 4. The van der Waals surface area contributed by atoms with E-state index in [-0.39, 0.29) is 24.5 Å². The van der Waals surface area contributed by atoms with Gasteiger partial charge in [-0.1, -0.05) is 32.0 Å². The number of carbonyl (C=O) groups excluding carboxylic acids is 3. The van der Waals surface area contributed by atoms with Crippen molar-refractivity contribution in [1.29, 1.82) is 0 Å². The first-order valence-electron chi connectivity index (χ1n) is 12.8. The number of carboxylic acid groups (broad SMARTS) is 1. The molecule has 0 spiro atoms. The highest BCUT2D eigenvalue weighted by atomic mass is 32.1. The SMILES string of the molecule is CC(C)CC(N)C(=O)NC(CS)C(=O)NC(Cc1c[nH]c2ccccc12)C(=O)NC(CCCCN)C(=O)O. The summed E-state index contributed by atoms with van der Waals surface area (Å²) in [5.74, 6) is -2.77. The third kappa shape index (κ3) is 9.34. The van der Waals surface area contributed by atoms with Crippen molar-refractivity contribution < 1.29 is 24.3 Å². The summed E-state index contributed by atoms with van der Waals surface area (Å²) in [5.41, 5.74) is 13.1. The average Bonchev–Trinajstić information content (AvgIpc) is 3.28. The van der Waals surface area contributed by atoms with Gasteiger partial charge in [-0.2, -0.15) is 12.6 Å². The second-order valence-corrected chi connectivity index (χ2v) is 10.2. The number of nitrogens with two attached hydrogens (primary N) is 2. The molecular formula is C26H40N6O5S. The van der Waals surface area contributed by atoms with Crippen LogP contribution in [0.25, 0.3) is 10.9 Å². The number of aromatic amines is 1. The van der Waals surface area contributed by atoms with Gasteiger partial charge in [-0.3, -0.25) is 14.4 Å². The van der Waals surface area contributed by atoms with Gasteiger partial charge in [-0.05, 0) is 49.8 Å². The van der Waals surface area contributed by atoms with Gasteiger partial charge in [0.15, 0.2) is 0 Å². The number of para-hydroxylation sites is 1. The molecule has 0 aliphatic heterocycles. The molecule has 0 aliphatic rings. The van der Waals surface area contributed by atoms with Crippen LogP contribution in [0.2, 0.25) is 0 Å². The van der Waals surface area contributed by atoms with Crippen LogP contribution < -0.4 is 27.4 Å². The Kier molecular flexibility index (Phi) is 12.6. The Morgan fingerprint density at radius 2 is 1.61 bits per heavy atom. The van der Waals surface area contributed by atoms with Gasteiger partial charge < -0.3 is 37.5 Å². The molecule has 1 heterocycles. The molecule has 0 saturated heterocycles. The van der Waals surface area contributed by atoms with Gasteiger partial charge in [0.2, 0.25) is 17.7 Å². The molecule has 12 heteroatoms. The van der Waals surface area contributed by atoms with E-state index in [9.17, 15) is 24.3 Å². The zero-order chi connectivity index (χ0) is 28.2. The number of hydrogen-bond donors (Lipinski definition) is 8. The summed E-state index contributed by atoms with van der Waals surface area (Å²) in [6.45, 7) is 4.28. The van der Waals surface area contributed by atoms with Crippen molar-refractivity contribution >= 4 is 47.2 Å². The average molecular weight is 549 g/mol. The van der Waals surface area contributed by atoms with E-state index in [4.69, 9.17) is 11.5 Å². The standard InChI is InChI=1S/C26H40N6O5S/c1-15(2)11-18(28)23(33)32-22(14-38)25(35)31-21(12-16-13-29-19-8-4-3-7-17(16)19)24(34)30-20(26(36)37)9-5-6-10-27/h3-4,7-8,13,15,18,20-22,29,38H,5-6,9-12,14,27-28H2,1-2H3,(H,30,34)(H,31,35)(H,32,33)(H,36,37). The number of fused-ring (bicyclic) bond motifs is 1. The lowest BCUT2D eigenvalue weighted by Gasteiger charge is -2.25. The molecule has 2 rings (SSSR count). The summed E-state index contributed by atoms with van der Waals surface area (Å²) >= 11 is 4.20. The minimum Gasteiger partial charge on any atom is -0.480 e. The number of aliphatic carboxylic acids is 1. The summed E-state index contributed by atoms with van der Waals surface area (Å²) in [6, 6.07) is 3.43. The lowest BCUT2D eigenvalue weighted by molar-refractivity contribution is -0.142. The van der Waals surface area contributed by atoms with Gasteiger partial charge in [-0.15, -0.1) is 0 Å². The minimum absolute atomic E-state index is 0.0236. The minimum atomic E-state index is -1.17. The van der Waals surface area contributed by atoms with Gasteiger partial charge in [-0.25, -0.2) is 4.79 Å². The number of H-pyrrole nitrogens is 1. The van der Waals surface area contributed by atoms with E-state index < -0.39 is 47.9 Å². The van der Waals surface area contributed by atoms with Crippen LogP contribution in [0.5, 0.6) is 0 Å². The molecule has 1 aromatic carbocycles. The van der Waals surface area contributed by atoms with Crippen LogP contribution in [-0.2, 0) is 25.6 Å². The zero-order valence-electron chi connectivity index (χ0n) is 21.9. The highest BCUT2D eigenvalue weighted by molar-refractivity contribution is 7.80. The molecule has 11 nitrogen and oxygen atoms in total. The topological polar surface area (TPSA) is 192 Å². The predicted molar refractivity (Wildman–Crippen MR) is 150 cm³/mol. The largest absolute Gasteiger partial charge is 0.480 e. The van der Waals surface area contributed by atoms with Gasteiger partial charge in [0, 0.05) is 29.3 Å². The Balaban J connectivity index is 2.23. The predicted octanol–water partition coefficient (Wildman–Crippen LogP) is 0.682. The van der Waals surface area contributed by atoms with Crippen LogP contribution in [0.4, 0.5) is 0 Å². The highest BCUT2D eigenvalue weighted by Gasteiger charge is 2.30. The Hall–Kier alpha value is -3.09. The fourth-order valence-electron chi connectivity index (χ4n) is 4.11. The molecule has 210 valence electrons. The normalized spacial score (nSPS) is 14.5. The van der Waals surface area contributed by atoms with E-state index in [0.29, 0.717) is 25.8 Å². The second-order valence-electron chi connectivity index (χ2n) is 9.79. The summed E-state index contributed by atoms with van der Waals surface area (Å²) in [7, 11) is 0. The van der Waals surface area contributed by atoms with Gasteiger partial charge in [0.1, 0.15) is 18.1 Å². The second kappa shape index (κ2) is 15.4. The fourth-order valence-corrected chi connectivity index (χ4v) is 4.37. The third-order valence-electron chi connectivity index (χ3n) is 6.17. The molecule has 2 aromatic rings. The number of aromatic nitrogens is 1. The van der Waals surface area contributed by atoms with E-state index in [2.05, 4.69) is 33.6 Å². The maximum Gasteiger partial charge on any atom is 0.326 e. The zero-order valence-corrected chi connectivity index (χ0v) is 22.8. The van der Waals surface area contributed by atoms with Crippen molar-refractivity contribution in [3.05, 3.63) is 36.0 Å². The van der Waals surface area contributed by atoms with Gasteiger partial charge in [0.25, 0.3) is 0 Å². The van der Waals surface area contributed by atoms with Crippen molar-refractivity contribution in [2.75, 3.05) is 12.3 Å². The van der Waals surface area contributed by atoms with Gasteiger partial charge in [0.05, 0.1) is 6.04 Å². The van der Waals surface area contributed by atoms with Crippen LogP contribution in [0.1, 0.15) is 45.1 Å². The molecule has 3 amide bonds. The quantitative estimate of drug-likeness (QED) is 0.112. The van der Waals surface area contributed by atoms with Crippen LogP contribution in [0, 0.1) is 5.92 Å². The Bertz CT molecular complexity index is 1090. The number of amides is 3. The molecule has 0 fully saturated rings. The number of hydrogen-bond acceptors (Lipinski definition) is 7. The molecule has 0 saturated carbocycles. The van der Waals surface area contributed by atoms with Crippen molar-refractivity contribution in [1.82, 2.24) is 20.9 Å². The summed E-state index contributed by atoms with van der Waals surface area (Å²) < 4.78 is 0. The first-order valence-corrected chi connectivity index (χ1v) is 13.5. The number of benzene rings is 1. The molecule has 0 aliphatic carbocycles. The van der Waals surface area contributed by atoms with E-state index in [0.717, 1.165) is 16.5 Å².